The zero-order chi connectivity index (χ0) is 12.5. The second-order valence-corrected chi connectivity index (χ2v) is 5.30. The number of carbonyl (C=O) groups excluding carboxylic acids is 1. The summed E-state index contributed by atoms with van der Waals surface area (Å²) in [6.45, 7) is 2.12. The smallest absolute Gasteiger partial charge is 0.237 e. The summed E-state index contributed by atoms with van der Waals surface area (Å²) in [7, 11) is 0. The summed E-state index contributed by atoms with van der Waals surface area (Å²) < 4.78 is 0. The molecule has 3 nitrogen and oxygen atoms in total. The SMILES string of the molecule is CCCCC(N)C(=O)NC1CCCCCCC1. The van der Waals surface area contributed by atoms with E-state index in [1.165, 1.54) is 32.1 Å². The van der Waals surface area contributed by atoms with Gasteiger partial charge in [0, 0.05) is 6.04 Å². The molecular weight excluding hydrogens is 212 g/mol. The Labute approximate surface area is 106 Å². The minimum Gasteiger partial charge on any atom is -0.352 e. The zero-order valence-corrected chi connectivity index (χ0v) is 11.2. The quantitative estimate of drug-likeness (QED) is 0.776. The molecule has 1 atom stereocenters. The van der Waals surface area contributed by atoms with Crippen LogP contribution in [0.15, 0.2) is 0 Å². The van der Waals surface area contributed by atoms with Crippen molar-refractivity contribution in [2.45, 2.75) is 83.2 Å². The van der Waals surface area contributed by atoms with Gasteiger partial charge in [-0.2, -0.15) is 0 Å². The Hall–Kier alpha value is -0.570. The maximum Gasteiger partial charge on any atom is 0.237 e. The van der Waals surface area contributed by atoms with Gasteiger partial charge in [0.1, 0.15) is 0 Å². The summed E-state index contributed by atoms with van der Waals surface area (Å²) in [5.41, 5.74) is 5.88. The molecule has 0 saturated heterocycles. The molecule has 0 aromatic carbocycles. The Kier molecular flexibility index (Phi) is 7.25. The number of hydrogen-bond donors (Lipinski definition) is 2. The van der Waals surface area contributed by atoms with E-state index < -0.39 is 0 Å². The Balaban J connectivity index is 2.27. The van der Waals surface area contributed by atoms with E-state index in [0.717, 1.165) is 32.1 Å². The van der Waals surface area contributed by atoms with E-state index in [4.69, 9.17) is 5.73 Å². The van der Waals surface area contributed by atoms with Gasteiger partial charge in [-0.15, -0.1) is 0 Å². The van der Waals surface area contributed by atoms with Crippen molar-refractivity contribution in [2.75, 3.05) is 0 Å². The van der Waals surface area contributed by atoms with E-state index in [2.05, 4.69) is 12.2 Å². The normalized spacial score (nSPS) is 20.4. The highest BCUT2D eigenvalue weighted by molar-refractivity contribution is 5.81. The van der Waals surface area contributed by atoms with Crippen LogP contribution in [-0.2, 0) is 4.79 Å². The van der Waals surface area contributed by atoms with Gasteiger partial charge in [-0.1, -0.05) is 51.9 Å². The molecular formula is C14H28N2O. The lowest BCUT2D eigenvalue weighted by atomic mass is 9.96. The highest BCUT2D eigenvalue weighted by Gasteiger charge is 2.18. The number of amides is 1. The molecule has 1 aliphatic carbocycles. The zero-order valence-electron chi connectivity index (χ0n) is 11.2. The largest absolute Gasteiger partial charge is 0.352 e. The third-order valence-electron chi connectivity index (χ3n) is 3.66. The molecule has 1 aliphatic rings. The van der Waals surface area contributed by atoms with Crippen LogP contribution in [0, 0.1) is 0 Å². The molecule has 3 N–H and O–H groups in total. The molecule has 0 radical (unpaired) electrons. The van der Waals surface area contributed by atoms with Crippen molar-refractivity contribution in [3.8, 4) is 0 Å². The summed E-state index contributed by atoms with van der Waals surface area (Å²) in [6, 6.07) is 0.0656. The van der Waals surface area contributed by atoms with Crippen molar-refractivity contribution in [2.24, 2.45) is 5.73 Å². The van der Waals surface area contributed by atoms with Gasteiger partial charge in [-0.3, -0.25) is 4.79 Å². The number of nitrogens with two attached hydrogens (primary N) is 1. The molecule has 1 unspecified atom stereocenters. The molecule has 17 heavy (non-hydrogen) atoms. The molecule has 3 heteroatoms. The van der Waals surface area contributed by atoms with Crippen LogP contribution in [0.2, 0.25) is 0 Å². The van der Waals surface area contributed by atoms with Crippen molar-refractivity contribution in [3.63, 3.8) is 0 Å². The summed E-state index contributed by atoms with van der Waals surface area (Å²) >= 11 is 0. The fourth-order valence-corrected chi connectivity index (χ4v) is 2.46. The Morgan fingerprint density at radius 2 is 1.82 bits per heavy atom. The van der Waals surface area contributed by atoms with Crippen LogP contribution in [0.5, 0.6) is 0 Å². The van der Waals surface area contributed by atoms with Gasteiger partial charge in [0.15, 0.2) is 0 Å². The fraction of sp³-hybridized carbons (Fsp3) is 0.929. The molecule has 1 amide bonds. The highest BCUT2D eigenvalue weighted by Crippen LogP contribution is 2.17. The number of carbonyl (C=O) groups is 1. The monoisotopic (exact) mass is 240 g/mol. The van der Waals surface area contributed by atoms with Crippen LogP contribution in [0.3, 0.4) is 0 Å². The van der Waals surface area contributed by atoms with Crippen molar-refractivity contribution < 1.29 is 4.79 Å². The summed E-state index contributed by atoms with van der Waals surface area (Å²) in [5.74, 6) is 0.0593. The van der Waals surface area contributed by atoms with Gasteiger partial charge >= 0.3 is 0 Å². The predicted molar refractivity (Wildman–Crippen MR) is 71.8 cm³/mol. The summed E-state index contributed by atoms with van der Waals surface area (Å²) in [4.78, 5) is 11.9. The topological polar surface area (TPSA) is 55.1 Å². The first-order valence-electron chi connectivity index (χ1n) is 7.30. The minimum atomic E-state index is -0.305. The van der Waals surface area contributed by atoms with Crippen LogP contribution >= 0.6 is 0 Å². The third-order valence-corrected chi connectivity index (χ3v) is 3.66. The van der Waals surface area contributed by atoms with Gasteiger partial charge < -0.3 is 11.1 Å². The molecule has 0 bridgehead atoms. The average Bonchev–Trinajstić information content (AvgIpc) is 2.29. The number of hydrogen-bond acceptors (Lipinski definition) is 2. The number of rotatable bonds is 5. The average molecular weight is 240 g/mol. The van der Waals surface area contributed by atoms with Crippen LogP contribution < -0.4 is 11.1 Å². The lowest BCUT2D eigenvalue weighted by Gasteiger charge is -2.22. The molecule has 0 aliphatic heterocycles. The van der Waals surface area contributed by atoms with E-state index in [0.29, 0.717) is 6.04 Å². The molecule has 0 aromatic rings. The minimum absolute atomic E-state index is 0.0593. The van der Waals surface area contributed by atoms with Crippen molar-refractivity contribution in [3.05, 3.63) is 0 Å². The standard InChI is InChI=1S/C14H28N2O/c1-2-3-11-13(15)14(17)16-12-9-7-5-4-6-8-10-12/h12-13H,2-11,15H2,1H3,(H,16,17). The summed E-state index contributed by atoms with van der Waals surface area (Å²) in [5, 5.41) is 3.13. The van der Waals surface area contributed by atoms with E-state index in [1.54, 1.807) is 0 Å². The van der Waals surface area contributed by atoms with E-state index in [9.17, 15) is 4.79 Å². The lowest BCUT2D eigenvalue weighted by molar-refractivity contribution is -0.123. The maximum atomic E-state index is 11.9. The molecule has 1 fully saturated rings. The number of nitrogens with one attached hydrogen (secondary N) is 1. The molecule has 0 aromatic heterocycles. The van der Waals surface area contributed by atoms with Gasteiger partial charge in [0.2, 0.25) is 5.91 Å². The maximum absolute atomic E-state index is 11.9. The highest BCUT2D eigenvalue weighted by atomic mass is 16.2. The van der Waals surface area contributed by atoms with Crippen molar-refractivity contribution >= 4 is 5.91 Å². The molecule has 0 heterocycles. The fourth-order valence-electron chi connectivity index (χ4n) is 2.46. The van der Waals surface area contributed by atoms with Crippen LogP contribution in [-0.4, -0.2) is 18.0 Å². The first-order chi connectivity index (χ1) is 8.24. The van der Waals surface area contributed by atoms with Gasteiger partial charge in [0.05, 0.1) is 6.04 Å². The Morgan fingerprint density at radius 1 is 1.24 bits per heavy atom. The van der Waals surface area contributed by atoms with Crippen LogP contribution in [0.4, 0.5) is 0 Å². The second kappa shape index (κ2) is 8.51. The predicted octanol–water partition coefficient (Wildman–Crippen LogP) is 2.73. The van der Waals surface area contributed by atoms with E-state index in [-0.39, 0.29) is 11.9 Å². The Bertz CT molecular complexity index is 210. The third kappa shape index (κ3) is 6.06. The lowest BCUT2D eigenvalue weighted by Crippen LogP contribution is -2.45. The van der Waals surface area contributed by atoms with Gasteiger partial charge in [-0.05, 0) is 19.3 Å². The van der Waals surface area contributed by atoms with Crippen molar-refractivity contribution in [1.29, 1.82) is 0 Å². The van der Waals surface area contributed by atoms with Crippen LogP contribution in [0.1, 0.15) is 71.1 Å². The first-order valence-corrected chi connectivity index (χ1v) is 7.30. The van der Waals surface area contributed by atoms with Crippen LogP contribution in [0.25, 0.3) is 0 Å². The van der Waals surface area contributed by atoms with Crippen molar-refractivity contribution in [1.82, 2.24) is 5.32 Å². The number of unbranched alkanes of at least 4 members (excludes halogenated alkanes) is 1. The molecule has 0 spiro atoms. The second-order valence-electron chi connectivity index (χ2n) is 5.30. The van der Waals surface area contributed by atoms with Gasteiger partial charge in [0.25, 0.3) is 0 Å². The first kappa shape index (κ1) is 14.5. The molecule has 1 saturated carbocycles. The molecule has 1 rings (SSSR count). The van der Waals surface area contributed by atoms with E-state index >= 15 is 0 Å². The summed E-state index contributed by atoms with van der Waals surface area (Å²) in [6.07, 6.45) is 11.7. The van der Waals surface area contributed by atoms with Gasteiger partial charge in [-0.25, -0.2) is 0 Å². The van der Waals surface area contributed by atoms with E-state index in [1.807, 2.05) is 0 Å². The molecule has 100 valence electrons. The Morgan fingerprint density at radius 3 is 2.41 bits per heavy atom.